The molecule has 0 bridgehead atoms. The van der Waals surface area contributed by atoms with Gasteiger partial charge in [0, 0.05) is 30.5 Å². The molecule has 1 heterocycles. The molecule has 0 amide bonds. The molecule has 1 aromatic rings. The van der Waals surface area contributed by atoms with Crippen LogP contribution in [0, 0.1) is 0 Å². The number of aromatic nitrogens is 2. The van der Waals surface area contributed by atoms with E-state index >= 15 is 0 Å². The Kier molecular flexibility index (Phi) is 3.24. The van der Waals surface area contributed by atoms with Crippen molar-refractivity contribution < 1.29 is 0 Å². The largest absolute Gasteiger partial charge is 0.309 e. The molecule has 74 valence electrons. The smallest absolute Gasteiger partial charge is 0.115 e. The first-order valence-corrected chi connectivity index (χ1v) is 5.07. The van der Waals surface area contributed by atoms with E-state index in [2.05, 4.69) is 27.4 Å². The lowest BCUT2D eigenvalue weighted by atomic mass is 10.0. The van der Waals surface area contributed by atoms with Crippen LogP contribution in [-0.2, 0) is 6.54 Å². The molecule has 0 saturated heterocycles. The highest BCUT2D eigenvalue weighted by atomic mass is 14.9. The summed E-state index contributed by atoms with van der Waals surface area (Å²) in [6, 6.07) is 0.625. The van der Waals surface area contributed by atoms with Crippen LogP contribution in [0.1, 0.15) is 24.8 Å². The highest BCUT2D eigenvalue weighted by Gasteiger charge is 2.08. The second kappa shape index (κ2) is 4.86. The zero-order chi connectivity index (χ0) is 9.64. The lowest BCUT2D eigenvalue weighted by Gasteiger charge is -2.18. The first-order chi connectivity index (χ1) is 6.95. The van der Waals surface area contributed by atoms with Gasteiger partial charge in [0.15, 0.2) is 0 Å². The SMILES string of the molecule is C1=CCC(NCc2cncnc2)CC1. The molecule has 1 aliphatic carbocycles. The minimum absolute atomic E-state index is 0.625. The zero-order valence-electron chi connectivity index (χ0n) is 8.19. The van der Waals surface area contributed by atoms with Crippen LogP contribution < -0.4 is 5.32 Å². The van der Waals surface area contributed by atoms with Crippen LogP contribution in [0.15, 0.2) is 30.9 Å². The molecule has 0 spiro atoms. The van der Waals surface area contributed by atoms with E-state index < -0.39 is 0 Å². The molecule has 1 unspecified atom stereocenters. The summed E-state index contributed by atoms with van der Waals surface area (Å²) >= 11 is 0. The van der Waals surface area contributed by atoms with Gasteiger partial charge in [0.1, 0.15) is 6.33 Å². The third-order valence-corrected chi connectivity index (χ3v) is 2.48. The fourth-order valence-corrected chi connectivity index (χ4v) is 1.66. The molecule has 0 aromatic carbocycles. The lowest BCUT2D eigenvalue weighted by Crippen LogP contribution is -2.29. The van der Waals surface area contributed by atoms with Gasteiger partial charge in [-0.05, 0) is 19.3 Å². The van der Waals surface area contributed by atoms with Gasteiger partial charge in [-0.15, -0.1) is 0 Å². The summed E-state index contributed by atoms with van der Waals surface area (Å²) in [5.74, 6) is 0. The number of nitrogens with one attached hydrogen (secondary N) is 1. The minimum atomic E-state index is 0.625. The first-order valence-electron chi connectivity index (χ1n) is 5.07. The van der Waals surface area contributed by atoms with Crippen molar-refractivity contribution in [1.29, 1.82) is 0 Å². The summed E-state index contributed by atoms with van der Waals surface area (Å²) in [6.07, 6.45) is 13.4. The molecular formula is C11H15N3. The lowest BCUT2D eigenvalue weighted by molar-refractivity contribution is 0.473. The number of hydrogen-bond acceptors (Lipinski definition) is 3. The van der Waals surface area contributed by atoms with E-state index in [1.54, 1.807) is 6.33 Å². The number of hydrogen-bond donors (Lipinski definition) is 1. The van der Waals surface area contributed by atoms with Crippen LogP contribution in [0.3, 0.4) is 0 Å². The molecule has 1 aliphatic rings. The van der Waals surface area contributed by atoms with E-state index in [0.717, 1.165) is 18.5 Å². The molecule has 0 radical (unpaired) electrons. The van der Waals surface area contributed by atoms with Gasteiger partial charge >= 0.3 is 0 Å². The molecule has 2 rings (SSSR count). The average molecular weight is 189 g/mol. The fourth-order valence-electron chi connectivity index (χ4n) is 1.66. The molecule has 1 aromatic heterocycles. The Bertz CT molecular complexity index is 295. The summed E-state index contributed by atoms with van der Waals surface area (Å²) in [7, 11) is 0. The third-order valence-electron chi connectivity index (χ3n) is 2.48. The summed E-state index contributed by atoms with van der Waals surface area (Å²) in [4.78, 5) is 7.97. The van der Waals surface area contributed by atoms with Crippen molar-refractivity contribution in [3.05, 3.63) is 36.4 Å². The molecule has 1 atom stereocenters. The number of nitrogens with zero attached hydrogens (tertiary/aromatic N) is 2. The van der Waals surface area contributed by atoms with Crippen molar-refractivity contribution in [2.24, 2.45) is 0 Å². The Morgan fingerprint density at radius 3 is 2.86 bits per heavy atom. The van der Waals surface area contributed by atoms with Gasteiger partial charge in [-0.1, -0.05) is 12.2 Å². The zero-order valence-corrected chi connectivity index (χ0v) is 8.19. The summed E-state index contributed by atoms with van der Waals surface area (Å²) < 4.78 is 0. The van der Waals surface area contributed by atoms with Gasteiger partial charge in [0.25, 0.3) is 0 Å². The second-order valence-electron chi connectivity index (χ2n) is 3.61. The van der Waals surface area contributed by atoms with Gasteiger partial charge in [0.05, 0.1) is 0 Å². The Labute approximate surface area is 84.3 Å². The second-order valence-corrected chi connectivity index (χ2v) is 3.61. The van der Waals surface area contributed by atoms with Crippen molar-refractivity contribution in [2.75, 3.05) is 0 Å². The minimum Gasteiger partial charge on any atom is -0.309 e. The van der Waals surface area contributed by atoms with Crippen LogP contribution >= 0.6 is 0 Å². The normalized spacial score (nSPS) is 21.0. The Morgan fingerprint density at radius 1 is 1.29 bits per heavy atom. The number of allylic oxidation sites excluding steroid dienone is 1. The van der Waals surface area contributed by atoms with Crippen LogP contribution in [0.25, 0.3) is 0 Å². The quantitative estimate of drug-likeness (QED) is 0.735. The monoisotopic (exact) mass is 189 g/mol. The van der Waals surface area contributed by atoms with Crippen molar-refractivity contribution >= 4 is 0 Å². The van der Waals surface area contributed by atoms with Crippen molar-refractivity contribution in [3.8, 4) is 0 Å². The molecule has 0 fully saturated rings. The summed E-state index contributed by atoms with van der Waals surface area (Å²) in [6.45, 7) is 0.874. The highest BCUT2D eigenvalue weighted by molar-refractivity contribution is 5.02. The molecule has 0 aliphatic heterocycles. The topological polar surface area (TPSA) is 37.8 Å². The van der Waals surface area contributed by atoms with Gasteiger partial charge in [-0.3, -0.25) is 0 Å². The van der Waals surface area contributed by atoms with Crippen LogP contribution in [0.5, 0.6) is 0 Å². The molecular weight excluding hydrogens is 174 g/mol. The molecule has 3 heteroatoms. The summed E-state index contributed by atoms with van der Waals surface area (Å²) in [5.41, 5.74) is 1.15. The van der Waals surface area contributed by atoms with Crippen LogP contribution in [-0.4, -0.2) is 16.0 Å². The fraction of sp³-hybridized carbons (Fsp3) is 0.455. The summed E-state index contributed by atoms with van der Waals surface area (Å²) in [5, 5.41) is 3.51. The van der Waals surface area contributed by atoms with E-state index in [1.165, 1.54) is 12.8 Å². The van der Waals surface area contributed by atoms with Crippen LogP contribution in [0.4, 0.5) is 0 Å². The van der Waals surface area contributed by atoms with E-state index in [-0.39, 0.29) is 0 Å². The third kappa shape index (κ3) is 2.64. The molecule has 3 nitrogen and oxygen atoms in total. The maximum absolute atomic E-state index is 3.98. The Hall–Kier alpha value is -1.22. The number of rotatable bonds is 3. The molecule has 1 N–H and O–H groups in total. The Balaban J connectivity index is 1.80. The van der Waals surface area contributed by atoms with E-state index in [9.17, 15) is 0 Å². The highest BCUT2D eigenvalue weighted by Crippen LogP contribution is 2.10. The maximum atomic E-state index is 3.98. The first kappa shape index (κ1) is 9.34. The van der Waals surface area contributed by atoms with Gasteiger partial charge in [0.2, 0.25) is 0 Å². The molecule has 14 heavy (non-hydrogen) atoms. The van der Waals surface area contributed by atoms with E-state index in [0.29, 0.717) is 6.04 Å². The average Bonchev–Trinajstić information content (AvgIpc) is 2.29. The van der Waals surface area contributed by atoms with Crippen molar-refractivity contribution in [3.63, 3.8) is 0 Å². The van der Waals surface area contributed by atoms with E-state index in [4.69, 9.17) is 0 Å². The van der Waals surface area contributed by atoms with Gasteiger partial charge < -0.3 is 5.32 Å². The predicted molar refractivity (Wildman–Crippen MR) is 55.7 cm³/mol. The van der Waals surface area contributed by atoms with Crippen molar-refractivity contribution in [1.82, 2.24) is 15.3 Å². The van der Waals surface area contributed by atoms with Gasteiger partial charge in [-0.25, -0.2) is 9.97 Å². The van der Waals surface area contributed by atoms with Crippen LogP contribution in [0.2, 0.25) is 0 Å². The predicted octanol–water partition coefficient (Wildman–Crippen LogP) is 1.67. The standard InChI is InChI=1S/C11H15N3/c1-2-4-11(5-3-1)14-8-10-6-12-9-13-7-10/h1-2,6-7,9,11,14H,3-5,8H2. The molecule has 0 saturated carbocycles. The Morgan fingerprint density at radius 2 is 2.14 bits per heavy atom. The maximum Gasteiger partial charge on any atom is 0.115 e. The van der Waals surface area contributed by atoms with E-state index in [1.807, 2.05) is 12.4 Å². The van der Waals surface area contributed by atoms with Crippen molar-refractivity contribution in [2.45, 2.75) is 31.8 Å². The van der Waals surface area contributed by atoms with Gasteiger partial charge in [-0.2, -0.15) is 0 Å².